The third-order valence-corrected chi connectivity index (χ3v) is 6.77. The fourth-order valence-corrected chi connectivity index (χ4v) is 4.99. The van der Waals surface area contributed by atoms with E-state index >= 15 is 0 Å². The Hall–Kier alpha value is -1.78. The Kier molecular flexibility index (Phi) is 5.29. The number of halogens is 1. The van der Waals surface area contributed by atoms with Crippen molar-refractivity contribution in [1.82, 2.24) is 4.90 Å². The summed E-state index contributed by atoms with van der Waals surface area (Å²) in [7, 11) is 0. The lowest BCUT2D eigenvalue weighted by molar-refractivity contribution is 0.107. The highest BCUT2D eigenvalue weighted by Gasteiger charge is 2.43. The lowest BCUT2D eigenvalue weighted by Gasteiger charge is -2.42. The van der Waals surface area contributed by atoms with Gasteiger partial charge in [0, 0.05) is 28.9 Å². The van der Waals surface area contributed by atoms with Gasteiger partial charge < -0.3 is 15.4 Å². The quantitative estimate of drug-likeness (QED) is 0.832. The summed E-state index contributed by atoms with van der Waals surface area (Å²) >= 11 is 6.20. The molecule has 1 aromatic rings. The van der Waals surface area contributed by atoms with Crippen LogP contribution >= 0.6 is 11.6 Å². The molecule has 4 rings (SSSR count). The molecule has 5 heteroatoms. The zero-order valence-corrected chi connectivity index (χ0v) is 16.3. The maximum Gasteiger partial charge on any atom is 0.410 e. The van der Waals surface area contributed by atoms with Crippen LogP contribution in [0.2, 0.25) is 5.02 Å². The summed E-state index contributed by atoms with van der Waals surface area (Å²) in [6.07, 6.45) is 13.0. The SMILES string of the molecule is NCC1(c2cccc(Cl)c2)CCC(N2C[C@@H](C3C=CC=CC3)OC2=O)CC1. The van der Waals surface area contributed by atoms with Gasteiger partial charge in [-0.05, 0) is 49.8 Å². The summed E-state index contributed by atoms with van der Waals surface area (Å²) in [5.74, 6) is 0.294. The molecule has 27 heavy (non-hydrogen) atoms. The van der Waals surface area contributed by atoms with Crippen molar-refractivity contribution in [3.05, 3.63) is 59.2 Å². The van der Waals surface area contributed by atoms with Crippen LogP contribution in [0.4, 0.5) is 4.79 Å². The molecule has 4 nitrogen and oxygen atoms in total. The number of hydrogen-bond acceptors (Lipinski definition) is 3. The van der Waals surface area contributed by atoms with E-state index < -0.39 is 0 Å². The van der Waals surface area contributed by atoms with Crippen molar-refractivity contribution < 1.29 is 9.53 Å². The molecule has 2 aliphatic carbocycles. The Morgan fingerprint density at radius 3 is 2.74 bits per heavy atom. The van der Waals surface area contributed by atoms with Crippen LogP contribution in [0.3, 0.4) is 0 Å². The van der Waals surface area contributed by atoms with E-state index in [0.29, 0.717) is 19.0 Å². The van der Waals surface area contributed by atoms with Crippen molar-refractivity contribution in [2.75, 3.05) is 13.1 Å². The van der Waals surface area contributed by atoms with Crippen LogP contribution in [0.1, 0.15) is 37.7 Å². The zero-order valence-electron chi connectivity index (χ0n) is 15.5. The van der Waals surface area contributed by atoms with E-state index in [0.717, 1.165) is 37.1 Å². The summed E-state index contributed by atoms with van der Waals surface area (Å²) in [6.45, 7) is 1.30. The van der Waals surface area contributed by atoms with Gasteiger partial charge in [-0.15, -0.1) is 0 Å². The van der Waals surface area contributed by atoms with Gasteiger partial charge in [0.25, 0.3) is 0 Å². The maximum absolute atomic E-state index is 12.5. The van der Waals surface area contributed by atoms with E-state index in [1.165, 1.54) is 5.56 Å². The first-order valence-corrected chi connectivity index (χ1v) is 10.3. The first-order chi connectivity index (χ1) is 13.1. The molecule has 144 valence electrons. The Morgan fingerprint density at radius 1 is 1.26 bits per heavy atom. The molecule has 1 heterocycles. The average molecular weight is 387 g/mol. The Labute approximate surface area is 166 Å². The van der Waals surface area contributed by atoms with Gasteiger partial charge in [-0.2, -0.15) is 0 Å². The van der Waals surface area contributed by atoms with Gasteiger partial charge >= 0.3 is 6.09 Å². The maximum atomic E-state index is 12.5. The van der Waals surface area contributed by atoms with Gasteiger partial charge in [0.05, 0.1) is 6.54 Å². The smallest absolute Gasteiger partial charge is 0.410 e. The highest BCUT2D eigenvalue weighted by atomic mass is 35.5. The molecule has 0 bridgehead atoms. The number of nitrogens with zero attached hydrogens (tertiary/aromatic N) is 1. The fraction of sp³-hybridized carbons (Fsp3) is 0.500. The van der Waals surface area contributed by atoms with Crippen LogP contribution in [-0.4, -0.2) is 36.2 Å². The molecule has 3 aliphatic rings. The summed E-state index contributed by atoms with van der Waals surface area (Å²) in [5, 5.41) is 0.753. The summed E-state index contributed by atoms with van der Waals surface area (Å²) in [5.41, 5.74) is 7.38. The molecule has 2 N–H and O–H groups in total. The van der Waals surface area contributed by atoms with E-state index in [-0.39, 0.29) is 23.7 Å². The number of amides is 1. The number of rotatable bonds is 4. The van der Waals surface area contributed by atoms with Crippen LogP contribution in [-0.2, 0) is 10.2 Å². The third-order valence-electron chi connectivity index (χ3n) is 6.54. The standard InChI is InChI=1S/C22H27ClN2O2/c23-18-8-4-7-17(13-18)22(15-24)11-9-19(10-12-22)25-14-20(27-21(25)26)16-5-2-1-3-6-16/h1-5,7-8,13,16,19-20H,6,9-12,14-15,24H2/t16?,19?,20-,22?/m0/s1. The molecule has 2 fully saturated rings. The predicted molar refractivity (Wildman–Crippen MR) is 108 cm³/mol. The zero-order chi connectivity index (χ0) is 18.9. The van der Waals surface area contributed by atoms with E-state index in [9.17, 15) is 4.79 Å². The van der Waals surface area contributed by atoms with Gasteiger partial charge in [-0.25, -0.2) is 4.79 Å². The number of benzene rings is 1. The number of hydrogen-bond donors (Lipinski definition) is 1. The fourth-order valence-electron chi connectivity index (χ4n) is 4.80. The van der Waals surface area contributed by atoms with Crippen molar-refractivity contribution in [3.63, 3.8) is 0 Å². The molecule has 1 aliphatic heterocycles. The van der Waals surface area contributed by atoms with Crippen molar-refractivity contribution in [2.24, 2.45) is 11.7 Å². The van der Waals surface area contributed by atoms with Crippen LogP contribution in [0.15, 0.2) is 48.6 Å². The van der Waals surface area contributed by atoms with Gasteiger partial charge in [0.1, 0.15) is 6.10 Å². The topological polar surface area (TPSA) is 55.6 Å². The van der Waals surface area contributed by atoms with E-state index in [2.05, 4.69) is 24.3 Å². The molecule has 1 saturated carbocycles. The number of cyclic esters (lactones) is 1. The minimum absolute atomic E-state index is 0.0344. The first-order valence-electron chi connectivity index (χ1n) is 9.88. The molecule has 2 atom stereocenters. The van der Waals surface area contributed by atoms with E-state index in [1.54, 1.807) is 0 Å². The Bertz CT molecular complexity index is 752. The summed E-state index contributed by atoms with van der Waals surface area (Å²) < 4.78 is 5.71. The normalized spacial score (nSPS) is 33.3. The van der Waals surface area contributed by atoms with Crippen LogP contribution < -0.4 is 5.73 Å². The average Bonchev–Trinajstić information content (AvgIpc) is 3.10. The molecular formula is C22H27ClN2O2. The van der Waals surface area contributed by atoms with Crippen LogP contribution in [0.25, 0.3) is 0 Å². The molecule has 0 aromatic heterocycles. The highest BCUT2D eigenvalue weighted by Crippen LogP contribution is 2.42. The second-order valence-electron chi connectivity index (χ2n) is 8.01. The molecule has 1 amide bonds. The molecule has 0 radical (unpaired) electrons. The van der Waals surface area contributed by atoms with Crippen LogP contribution in [0.5, 0.6) is 0 Å². The monoisotopic (exact) mass is 386 g/mol. The first kappa shape index (κ1) is 18.6. The van der Waals surface area contributed by atoms with E-state index in [1.807, 2.05) is 29.2 Å². The summed E-state index contributed by atoms with van der Waals surface area (Å²) in [4.78, 5) is 14.4. The molecular weight excluding hydrogens is 360 g/mol. The lowest BCUT2D eigenvalue weighted by Crippen LogP contribution is -2.46. The van der Waals surface area contributed by atoms with Crippen molar-refractivity contribution in [3.8, 4) is 0 Å². The number of carbonyl (C=O) groups excluding carboxylic acids is 1. The van der Waals surface area contributed by atoms with Crippen molar-refractivity contribution in [2.45, 2.75) is 49.7 Å². The van der Waals surface area contributed by atoms with Crippen LogP contribution in [0, 0.1) is 5.92 Å². The number of nitrogens with two attached hydrogens (primary N) is 1. The van der Waals surface area contributed by atoms with Gasteiger partial charge in [-0.3, -0.25) is 0 Å². The van der Waals surface area contributed by atoms with Gasteiger partial charge in [0.2, 0.25) is 0 Å². The second-order valence-corrected chi connectivity index (χ2v) is 8.45. The predicted octanol–water partition coefficient (Wildman–Crippen LogP) is 4.43. The Morgan fingerprint density at radius 2 is 2.07 bits per heavy atom. The number of allylic oxidation sites excluding steroid dienone is 3. The molecule has 0 spiro atoms. The van der Waals surface area contributed by atoms with Crippen molar-refractivity contribution in [1.29, 1.82) is 0 Å². The highest BCUT2D eigenvalue weighted by molar-refractivity contribution is 6.30. The van der Waals surface area contributed by atoms with Gasteiger partial charge in [0.15, 0.2) is 0 Å². The largest absolute Gasteiger partial charge is 0.444 e. The minimum atomic E-state index is -0.157. The van der Waals surface area contributed by atoms with Gasteiger partial charge in [-0.1, -0.05) is 48.0 Å². The lowest BCUT2D eigenvalue weighted by atomic mass is 9.68. The van der Waals surface area contributed by atoms with Crippen molar-refractivity contribution >= 4 is 17.7 Å². The summed E-state index contributed by atoms with van der Waals surface area (Å²) in [6, 6.07) is 8.30. The second kappa shape index (κ2) is 7.69. The number of carbonyl (C=O) groups is 1. The number of ether oxygens (including phenoxy) is 1. The minimum Gasteiger partial charge on any atom is -0.444 e. The Balaban J connectivity index is 1.42. The molecule has 1 saturated heterocycles. The molecule has 1 aromatic carbocycles. The third kappa shape index (κ3) is 3.65. The molecule has 1 unspecified atom stereocenters. The van der Waals surface area contributed by atoms with E-state index in [4.69, 9.17) is 22.1 Å².